The van der Waals surface area contributed by atoms with Crippen molar-refractivity contribution in [3.05, 3.63) is 54.6 Å². The Labute approximate surface area is 194 Å². The number of nitrogens with zero attached hydrogens (tertiary/aromatic N) is 4. The zero-order valence-electron chi connectivity index (χ0n) is 18.9. The van der Waals surface area contributed by atoms with E-state index >= 15 is 0 Å². The molecule has 1 N–H and O–H groups in total. The second-order valence-electron chi connectivity index (χ2n) is 8.38. The van der Waals surface area contributed by atoms with E-state index in [1.54, 1.807) is 29.3 Å². The number of rotatable bonds is 6. The molecule has 0 bridgehead atoms. The lowest BCUT2D eigenvalue weighted by atomic mass is 9.88. The number of ether oxygens (including phenoxy) is 2. The number of carbonyl (C=O) groups excluding carboxylic acids is 1. The maximum Gasteiger partial charge on any atom is 0.259 e. The zero-order valence-corrected chi connectivity index (χ0v) is 18.9. The van der Waals surface area contributed by atoms with Gasteiger partial charge in [-0.2, -0.15) is 5.10 Å². The van der Waals surface area contributed by atoms with Crippen molar-refractivity contribution in [3.8, 4) is 28.3 Å². The maximum absolute atomic E-state index is 13.2. The number of amides is 1. The summed E-state index contributed by atoms with van der Waals surface area (Å²) in [7, 11) is 4.75. The van der Waals surface area contributed by atoms with Crippen LogP contribution in [-0.2, 0) is 7.05 Å². The molecular formula is C24H23F2N5O3. The molecule has 0 spiro atoms. The molecule has 0 radical (unpaired) electrons. The van der Waals surface area contributed by atoms with Crippen LogP contribution in [-0.4, -0.2) is 51.4 Å². The van der Waals surface area contributed by atoms with Crippen LogP contribution in [0.15, 0.2) is 49.1 Å². The topological polar surface area (TPSA) is 83.2 Å². The van der Waals surface area contributed by atoms with E-state index in [4.69, 9.17) is 9.47 Å². The van der Waals surface area contributed by atoms with Gasteiger partial charge in [-0.15, -0.1) is 0 Å². The molecule has 5 rings (SSSR count). The lowest BCUT2D eigenvalue weighted by molar-refractivity contribution is -0.0901. The van der Waals surface area contributed by atoms with Gasteiger partial charge in [-0.05, 0) is 17.7 Å². The van der Waals surface area contributed by atoms with Crippen LogP contribution >= 0.6 is 0 Å². The predicted octanol–water partition coefficient (Wildman–Crippen LogP) is 3.97. The van der Waals surface area contributed by atoms with Crippen molar-refractivity contribution in [2.45, 2.75) is 24.8 Å². The SMILES string of the molecule is COc1cc(-n2cnc3cc(-c4cnn(C)c4)ccc32)cc(OC)c1C(=O)NC1CC(F)(F)C1. The van der Waals surface area contributed by atoms with Gasteiger partial charge in [0.05, 0.1) is 37.1 Å². The summed E-state index contributed by atoms with van der Waals surface area (Å²) in [4.78, 5) is 17.4. The van der Waals surface area contributed by atoms with Crippen molar-refractivity contribution < 1.29 is 23.0 Å². The molecule has 2 heterocycles. The number of hydrogen-bond donors (Lipinski definition) is 1. The lowest BCUT2D eigenvalue weighted by Crippen LogP contribution is -2.50. The monoisotopic (exact) mass is 467 g/mol. The first kappa shape index (κ1) is 21.9. The number of methoxy groups -OCH3 is 2. The van der Waals surface area contributed by atoms with Crippen LogP contribution in [0.25, 0.3) is 27.8 Å². The van der Waals surface area contributed by atoms with Gasteiger partial charge in [-0.25, -0.2) is 13.8 Å². The first-order chi connectivity index (χ1) is 16.3. The Morgan fingerprint density at radius 2 is 1.82 bits per heavy atom. The van der Waals surface area contributed by atoms with E-state index in [2.05, 4.69) is 15.4 Å². The number of alkyl halides is 2. The molecule has 2 aromatic carbocycles. The normalized spacial score (nSPS) is 15.2. The van der Waals surface area contributed by atoms with Crippen molar-refractivity contribution in [2.75, 3.05) is 14.2 Å². The summed E-state index contributed by atoms with van der Waals surface area (Å²) >= 11 is 0. The van der Waals surface area contributed by atoms with Gasteiger partial charge in [0.15, 0.2) is 0 Å². The van der Waals surface area contributed by atoms with Crippen LogP contribution in [0.5, 0.6) is 11.5 Å². The van der Waals surface area contributed by atoms with Crippen LogP contribution in [0.2, 0.25) is 0 Å². The highest BCUT2D eigenvalue weighted by atomic mass is 19.3. The molecule has 1 saturated carbocycles. The van der Waals surface area contributed by atoms with Gasteiger partial charge in [-0.3, -0.25) is 14.0 Å². The zero-order chi connectivity index (χ0) is 24.0. The Balaban J connectivity index is 1.49. The molecule has 1 aliphatic carbocycles. The van der Waals surface area contributed by atoms with E-state index in [0.717, 1.165) is 22.2 Å². The van der Waals surface area contributed by atoms with Crippen LogP contribution < -0.4 is 14.8 Å². The van der Waals surface area contributed by atoms with Gasteiger partial charge >= 0.3 is 0 Å². The number of carbonyl (C=O) groups is 1. The van der Waals surface area contributed by atoms with Gasteiger partial charge < -0.3 is 14.8 Å². The molecule has 0 saturated heterocycles. The van der Waals surface area contributed by atoms with Gasteiger partial charge in [0.25, 0.3) is 11.8 Å². The highest BCUT2D eigenvalue weighted by Crippen LogP contribution is 2.39. The lowest BCUT2D eigenvalue weighted by Gasteiger charge is -2.35. The standard InChI is InChI=1S/C24H23F2N5O3/c1-30-12-15(11-28-30)14-4-5-19-18(6-14)27-13-31(19)17-7-20(33-2)22(21(8-17)34-3)23(32)29-16-9-24(25,26)10-16/h4-8,11-13,16H,9-10H2,1-3H3,(H,29,32). The summed E-state index contributed by atoms with van der Waals surface area (Å²) < 4.78 is 40.9. The summed E-state index contributed by atoms with van der Waals surface area (Å²) in [6.45, 7) is 0. The van der Waals surface area contributed by atoms with E-state index in [1.807, 2.05) is 36.0 Å². The third kappa shape index (κ3) is 3.85. The highest BCUT2D eigenvalue weighted by Gasteiger charge is 2.46. The first-order valence-corrected chi connectivity index (χ1v) is 10.7. The molecule has 0 aliphatic heterocycles. The number of halogens is 2. The van der Waals surface area contributed by atoms with Crippen LogP contribution in [0.1, 0.15) is 23.2 Å². The number of aromatic nitrogens is 4. The predicted molar refractivity (Wildman–Crippen MR) is 122 cm³/mol. The molecule has 10 heteroatoms. The quantitative estimate of drug-likeness (QED) is 0.464. The Morgan fingerprint density at radius 3 is 2.41 bits per heavy atom. The van der Waals surface area contributed by atoms with Gasteiger partial charge in [0, 0.05) is 49.8 Å². The molecule has 0 unspecified atom stereocenters. The minimum Gasteiger partial charge on any atom is -0.496 e. The highest BCUT2D eigenvalue weighted by molar-refractivity contribution is 6.00. The number of nitrogens with one attached hydrogen (secondary N) is 1. The summed E-state index contributed by atoms with van der Waals surface area (Å²) in [6.07, 6.45) is 4.67. The summed E-state index contributed by atoms with van der Waals surface area (Å²) in [5.41, 5.74) is 4.46. The summed E-state index contributed by atoms with van der Waals surface area (Å²) in [6, 6.07) is 8.74. The van der Waals surface area contributed by atoms with E-state index in [-0.39, 0.29) is 29.9 Å². The second kappa shape index (κ2) is 8.12. The summed E-state index contributed by atoms with van der Waals surface area (Å²) in [5, 5.41) is 6.85. The Hall–Kier alpha value is -3.95. The molecule has 4 aromatic rings. The van der Waals surface area contributed by atoms with Gasteiger partial charge in [-0.1, -0.05) is 6.07 Å². The minimum absolute atomic E-state index is 0.159. The number of fused-ring (bicyclic) bond motifs is 1. The Kier molecular flexibility index (Phi) is 5.22. The number of hydrogen-bond acceptors (Lipinski definition) is 5. The smallest absolute Gasteiger partial charge is 0.259 e. The third-order valence-corrected chi connectivity index (χ3v) is 6.01. The average Bonchev–Trinajstić information content (AvgIpc) is 3.42. The van der Waals surface area contributed by atoms with Gasteiger partial charge in [0.1, 0.15) is 23.4 Å². The molecule has 0 atom stereocenters. The first-order valence-electron chi connectivity index (χ1n) is 10.7. The fourth-order valence-corrected chi connectivity index (χ4v) is 4.25. The molecule has 176 valence electrons. The molecule has 2 aromatic heterocycles. The van der Waals surface area contributed by atoms with Crippen molar-refractivity contribution in [1.29, 1.82) is 0 Å². The van der Waals surface area contributed by atoms with Crippen molar-refractivity contribution in [2.24, 2.45) is 7.05 Å². The third-order valence-electron chi connectivity index (χ3n) is 6.01. The summed E-state index contributed by atoms with van der Waals surface area (Å²) in [5.74, 6) is -2.70. The second-order valence-corrected chi connectivity index (χ2v) is 8.38. The fraction of sp³-hybridized carbons (Fsp3) is 0.292. The Bertz CT molecular complexity index is 1360. The Morgan fingerprint density at radius 1 is 1.12 bits per heavy atom. The molecular weight excluding hydrogens is 444 g/mol. The number of imidazole rings is 1. The van der Waals surface area contributed by atoms with Crippen LogP contribution in [0, 0.1) is 0 Å². The van der Waals surface area contributed by atoms with Crippen LogP contribution in [0.3, 0.4) is 0 Å². The van der Waals surface area contributed by atoms with E-state index in [0.29, 0.717) is 5.69 Å². The largest absolute Gasteiger partial charge is 0.496 e. The van der Waals surface area contributed by atoms with E-state index in [1.165, 1.54) is 14.2 Å². The molecule has 8 nitrogen and oxygen atoms in total. The van der Waals surface area contributed by atoms with Gasteiger partial charge in [0.2, 0.25) is 0 Å². The average molecular weight is 467 g/mol. The number of benzene rings is 2. The molecule has 1 aliphatic rings. The number of aryl methyl sites for hydroxylation is 1. The van der Waals surface area contributed by atoms with Crippen molar-refractivity contribution in [1.82, 2.24) is 24.6 Å². The van der Waals surface area contributed by atoms with E-state index in [9.17, 15) is 13.6 Å². The van der Waals surface area contributed by atoms with Crippen molar-refractivity contribution in [3.63, 3.8) is 0 Å². The maximum atomic E-state index is 13.2. The fourth-order valence-electron chi connectivity index (χ4n) is 4.25. The van der Waals surface area contributed by atoms with Crippen LogP contribution in [0.4, 0.5) is 8.78 Å². The van der Waals surface area contributed by atoms with E-state index < -0.39 is 17.9 Å². The molecule has 34 heavy (non-hydrogen) atoms. The molecule has 1 fully saturated rings. The minimum atomic E-state index is -2.73. The van der Waals surface area contributed by atoms with Crippen molar-refractivity contribution >= 4 is 16.9 Å². The molecule has 1 amide bonds.